The van der Waals surface area contributed by atoms with Crippen molar-refractivity contribution in [2.24, 2.45) is 0 Å². The highest BCUT2D eigenvalue weighted by Gasteiger charge is 2.45. The molecule has 1 aliphatic rings. The van der Waals surface area contributed by atoms with E-state index in [0.29, 0.717) is 6.42 Å². The summed E-state index contributed by atoms with van der Waals surface area (Å²) in [6, 6.07) is 6.78. The summed E-state index contributed by atoms with van der Waals surface area (Å²) in [5.41, 5.74) is -0.628. The minimum absolute atomic E-state index is 0.175. The van der Waals surface area contributed by atoms with Crippen molar-refractivity contribution in [2.75, 3.05) is 13.1 Å². The highest BCUT2D eigenvalue weighted by molar-refractivity contribution is 5.69. The molecule has 0 saturated carbocycles. The average molecular weight is 279 g/mol. The predicted molar refractivity (Wildman–Crippen MR) is 74.6 cm³/mol. The molecule has 0 aliphatic carbocycles. The second-order valence-electron chi connectivity index (χ2n) is 6.41. The number of ether oxygens (including phenoxy) is 1. The van der Waals surface area contributed by atoms with Gasteiger partial charge in [0.1, 0.15) is 17.0 Å². The Morgan fingerprint density at radius 1 is 1.40 bits per heavy atom. The Labute approximate surface area is 118 Å². The number of likely N-dealkylation sites (tertiary alicyclic amines) is 1. The van der Waals surface area contributed by atoms with Gasteiger partial charge in [0.05, 0.1) is 13.1 Å². The van der Waals surface area contributed by atoms with Gasteiger partial charge in [0, 0.05) is 6.42 Å². The number of nitrogens with zero attached hydrogens (tertiary/aromatic N) is 1. The third-order valence-electron chi connectivity index (χ3n) is 3.07. The van der Waals surface area contributed by atoms with E-state index in [-0.39, 0.29) is 18.8 Å². The van der Waals surface area contributed by atoms with E-state index < -0.39 is 17.3 Å². The van der Waals surface area contributed by atoms with Gasteiger partial charge in [0.25, 0.3) is 0 Å². The maximum absolute atomic E-state index is 11.8. The van der Waals surface area contributed by atoms with Crippen LogP contribution >= 0.6 is 0 Å². The monoisotopic (exact) mass is 279 g/mol. The first kappa shape index (κ1) is 14.7. The van der Waals surface area contributed by atoms with Gasteiger partial charge in [0.15, 0.2) is 0 Å². The van der Waals surface area contributed by atoms with Gasteiger partial charge in [0.2, 0.25) is 0 Å². The third-order valence-corrected chi connectivity index (χ3v) is 3.07. The lowest BCUT2D eigenvalue weighted by Crippen LogP contribution is -2.65. The molecule has 0 unspecified atom stereocenters. The zero-order chi connectivity index (χ0) is 15.0. The molecule has 2 rings (SSSR count). The minimum Gasteiger partial charge on any atom is -0.508 e. The number of aromatic hydroxyl groups is 1. The lowest BCUT2D eigenvalue weighted by Gasteiger charge is -2.46. The fourth-order valence-electron chi connectivity index (χ4n) is 2.28. The highest BCUT2D eigenvalue weighted by atomic mass is 16.6. The summed E-state index contributed by atoms with van der Waals surface area (Å²) in [5, 5.41) is 19.7. The van der Waals surface area contributed by atoms with Crippen LogP contribution in [0.2, 0.25) is 0 Å². The number of phenolic OH excluding ortho intramolecular Hbond substituents is 1. The molecule has 0 radical (unpaired) electrons. The van der Waals surface area contributed by atoms with E-state index >= 15 is 0 Å². The fraction of sp³-hybridized carbons (Fsp3) is 0.533. The second-order valence-corrected chi connectivity index (χ2v) is 6.41. The number of amides is 1. The van der Waals surface area contributed by atoms with Crippen molar-refractivity contribution in [1.82, 2.24) is 4.90 Å². The molecule has 1 heterocycles. The number of rotatable bonds is 2. The fourth-order valence-corrected chi connectivity index (χ4v) is 2.28. The average Bonchev–Trinajstić information content (AvgIpc) is 2.23. The van der Waals surface area contributed by atoms with E-state index in [9.17, 15) is 15.0 Å². The topological polar surface area (TPSA) is 70.0 Å². The molecule has 1 aliphatic heterocycles. The molecule has 0 aromatic heterocycles. The normalized spacial score (nSPS) is 17.5. The van der Waals surface area contributed by atoms with Gasteiger partial charge < -0.3 is 19.8 Å². The molecule has 0 spiro atoms. The Bertz CT molecular complexity index is 501. The first-order valence-corrected chi connectivity index (χ1v) is 6.65. The molecular formula is C15H21NO4. The molecule has 1 saturated heterocycles. The summed E-state index contributed by atoms with van der Waals surface area (Å²) < 4.78 is 5.24. The van der Waals surface area contributed by atoms with Gasteiger partial charge in [-0.05, 0) is 38.5 Å². The van der Waals surface area contributed by atoms with Crippen molar-refractivity contribution < 1.29 is 19.7 Å². The Morgan fingerprint density at radius 2 is 2.05 bits per heavy atom. The van der Waals surface area contributed by atoms with Crippen molar-refractivity contribution in [2.45, 2.75) is 38.4 Å². The SMILES string of the molecule is CC(C)(C)OC(=O)N1CC(O)(Cc2cccc(O)c2)C1. The van der Waals surface area contributed by atoms with Crippen molar-refractivity contribution in [1.29, 1.82) is 0 Å². The van der Waals surface area contributed by atoms with Crippen LogP contribution in [0.4, 0.5) is 4.79 Å². The molecule has 5 heteroatoms. The largest absolute Gasteiger partial charge is 0.508 e. The standard InChI is InChI=1S/C15H21NO4/c1-14(2,3)20-13(18)16-9-15(19,10-16)8-11-5-4-6-12(17)7-11/h4-7,17,19H,8-10H2,1-3H3. The Hall–Kier alpha value is -1.75. The maximum Gasteiger partial charge on any atom is 0.410 e. The zero-order valence-electron chi connectivity index (χ0n) is 12.1. The number of phenols is 1. The van der Waals surface area contributed by atoms with E-state index in [1.807, 2.05) is 26.8 Å². The van der Waals surface area contributed by atoms with Crippen LogP contribution in [0.3, 0.4) is 0 Å². The van der Waals surface area contributed by atoms with Gasteiger partial charge in [-0.25, -0.2) is 4.79 Å². The second kappa shape index (κ2) is 4.98. The molecule has 1 fully saturated rings. The summed E-state index contributed by atoms with van der Waals surface area (Å²) in [5.74, 6) is 0.175. The van der Waals surface area contributed by atoms with Crippen LogP contribution in [-0.4, -0.2) is 45.5 Å². The molecule has 5 nitrogen and oxygen atoms in total. The summed E-state index contributed by atoms with van der Waals surface area (Å²) in [7, 11) is 0. The zero-order valence-corrected chi connectivity index (χ0v) is 12.1. The van der Waals surface area contributed by atoms with E-state index in [1.165, 1.54) is 4.90 Å². The van der Waals surface area contributed by atoms with Crippen LogP contribution in [0.5, 0.6) is 5.75 Å². The summed E-state index contributed by atoms with van der Waals surface area (Å²) in [6.07, 6.45) is -0.00108. The van der Waals surface area contributed by atoms with E-state index in [2.05, 4.69) is 0 Å². The van der Waals surface area contributed by atoms with Gasteiger partial charge in [-0.1, -0.05) is 12.1 Å². The molecule has 20 heavy (non-hydrogen) atoms. The molecular weight excluding hydrogens is 258 g/mol. The van der Waals surface area contributed by atoms with Gasteiger partial charge >= 0.3 is 6.09 Å². The third kappa shape index (κ3) is 3.63. The number of hydrogen-bond donors (Lipinski definition) is 2. The van der Waals surface area contributed by atoms with Crippen LogP contribution in [0.25, 0.3) is 0 Å². The molecule has 0 bridgehead atoms. The molecule has 1 aromatic carbocycles. The first-order valence-electron chi connectivity index (χ1n) is 6.65. The van der Waals surface area contributed by atoms with Gasteiger partial charge in [-0.15, -0.1) is 0 Å². The Kier molecular flexibility index (Phi) is 3.65. The number of β-amino-alcohol motifs (C(OH)–C–C–N with tert-alkyl or cyclic N) is 1. The number of carbonyl (C=O) groups excluding carboxylic acids is 1. The molecule has 1 amide bonds. The smallest absolute Gasteiger partial charge is 0.410 e. The number of carbonyl (C=O) groups is 1. The van der Waals surface area contributed by atoms with Crippen LogP contribution < -0.4 is 0 Å². The van der Waals surface area contributed by atoms with Crippen LogP contribution in [-0.2, 0) is 11.2 Å². The lowest BCUT2D eigenvalue weighted by atomic mass is 9.87. The van der Waals surface area contributed by atoms with Crippen molar-refractivity contribution in [3.8, 4) is 5.75 Å². The number of aliphatic hydroxyl groups is 1. The lowest BCUT2D eigenvalue weighted by molar-refractivity contribution is -0.0973. The predicted octanol–water partition coefficient (Wildman–Crippen LogP) is 1.92. The quantitative estimate of drug-likeness (QED) is 0.867. The Balaban J connectivity index is 1.89. The summed E-state index contributed by atoms with van der Waals surface area (Å²) in [6.45, 7) is 5.92. The number of hydrogen-bond acceptors (Lipinski definition) is 4. The van der Waals surface area contributed by atoms with E-state index in [4.69, 9.17) is 4.74 Å². The molecule has 0 atom stereocenters. The summed E-state index contributed by atoms with van der Waals surface area (Å²) in [4.78, 5) is 13.3. The molecule has 110 valence electrons. The maximum atomic E-state index is 11.8. The van der Waals surface area contributed by atoms with Crippen LogP contribution in [0.15, 0.2) is 24.3 Å². The van der Waals surface area contributed by atoms with E-state index in [0.717, 1.165) is 5.56 Å². The molecule has 1 aromatic rings. The summed E-state index contributed by atoms with van der Waals surface area (Å²) >= 11 is 0. The highest BCUT2D eigenvalue weighted by Crippen LogP contribution is 2.27. The van der Waals surface area contributed by atoms with Crippen LogP contribution in [0, 0.1) is 0 Å². The Morgan fingerprint density at radius 3 is 2.60 bits per heavy atom. The van der Waals surface area contributed by atoms with Crippen molar-refractivity contribution >= 4 is 6.09 Å². The van der Waals surface area contributed by atoms with E-state index in [1.54, 1.807) is 18.2 Å². The van der Waals surface area contributed by atoms with Gasteiger partial charge in [-0.2, -0.15) is 0 Å². The first-order chi connectivity index (χ1) is 9.17. The van der Waals surface area contributed by atoms with Gasteiger partial charge in [-0.3, -0.25) is 0 Å². The van der Waals surface area contributed by atoms with Crippen molar-refractivity contribution in [3.05, 3.63) is 29.8 Å². The number of benzene rings is 1. The molecule has 2 N–H and O–H groups in total. The van der Waals surface area contributed by atoms with Crippen LogP contribution in [0.1, 0.15) is 26.3 Å². The minimum atomic E-state index is -0.940. The van der Waals surface area contributed by atoms with Crippen molar-refractivity contribution in [3.63, 3.8) is 0 Å².